The number of aromatic nitrogens is 2. The molecular weight excluding hydrogens is 312 g/mol. The number of rotatable bonds is 3. The topological polar surface area (TPSA) is 104 Å². The number of ether oxygens (including phenoxy) is 1. The van der Waals surface area contributed by atoms with Crippen molar-refractivity contribution >= 4 is 40.4 Å². The van der Waals surface area contributed by atoms with Gasteiger partial charge in [0.15, 0.2) is 0 Å². The van der Waals surface area contributed by atoms with E-state index in [9.17, 15) is 4.79 Å². The minimum atomic E-state index is -0.472. The van der Waals surface area contributed by atoms with Crippen molar-refractivity contribution in [1.29, 1.82) is 0 Å². The molecule has 0 saturated heterocycles. The van der Waals surface area contributed by atoms with Crippen LogP contribution in [-0.4, -0.2) is 22.2 Å². The van der Waals surface area contributed by atoms with Crippen molar-refractivity contribution in [2.75, 3.05) is 17.7 Å². The van der Waals surface area contributed by atoms with Crippen molar-refractivity contribution in [2.24, 2.45) is 0 Å². The van der Waals surface area contributed by atoms with E-state index in [0.717, 1.165) is 4.90 Å². The SMILES string of the molecule is CSc1ccc(OC(=O)c2ccc3nc(N)nc(N)c3c2)cc1. The van der Waals surface area contributed by atoms with E-state index in [0.29, 0.717) is 22.2 Å². The highest BCUT2D eigenvalue weighted by Crippen LogP contribution is 2.23. The van der Waals surface area contributed by atoms with E-state index in [2.05, 4.69) is 9.97 Å². The zero-order valence-electron chi connectivity index (χ0n) is 12.3. The lowest BCUT2D eigenvalue weighted by Crippen LogP contribution is -2.09. The van der Waals surface area contributed by atoms with Crippen molar-refractivity contribution in [3.05, 3.63) is 48.0 Å². The van der Waals surface area contributed by atoms with Gasteiger partial charge in [-0.1, -0.05) is 0 Å². The minimum absolute atomic E-state index is 0.0965. The lowest BCUT2D eigenvalue weighted by molar-refractivity contribution is 0.0735. The van der Waals surface area contributed by atoms with E-state index >= 15 is 0 Å². The molecule has 0 aliphatic rings. The highest BCUT2D eigenvalue weighted by Gasteiger charge is 2.12. The van der Waals surface area contributed by atoms with Crippen LogP contribution in [-0.2, 0) is 0 Å². The zero-order valence-corrected chi connectivity index (χ0v) is 13.1. The maximum absolute atomic E-state index is 12.3. The summed E-state index contributed by atoms with van der Waals surface area (Å²) < 4.78 is 5.36. The number of hydrogen-bond donors (Lipinski definition) is 2. The van der Waals surface area contributed by atoms with Crippen LogP contribution in [0.4, 0.5) is 11.8 Å². The maximum Gasteiger partial charge on any atom is 0.343 e. The van der Waals surface area contributed by atoms with Crippen LogP contribution in [0, 0.1) is 0 Å². The lowest BCUT2D eigenvalue weighted by atomic mass is 10.1. The number of hydrogen-bond acceptors (Lipinski definition) is 7. The van der Waals surface area contributed by atoms with Crippen molar-refractivity contribution in [3.63, 3.8) is 0 Å². The van der Waals surface area contributed by atoms with Crippen LogP contribution in [0.5, 0.6) is 5.75 Å². The number of nitrogens with two attached hydrogens (primary N) is 2. The quantitative estimate of drug-likeness (QED) is 0.433. The summed E-state index contributed by atoms with van der Waals surface area (Å²) in [5.74, 6) is 0.333. The Balaban J connectivity index is 1.88. The summed E-state index contributed by atoms with van der Waals surface area (Å²) in [4.78, 5) is 21.3. The molecule has 4 N–H and O–H groups in total. The number of benzene rings is 2. The highest BCUT2D eigenvalue weighted by atomic mass is 32.2. The van der Waals surface area contributed by atoms with Gasteiger partial charge >= 0.3 is 5.97 Å². The number of thioether (sulfide) groups is 1. The summed E-state index contributed by atoms with van der Waals surface area (Å²) in [5.41, 5.74) is 12.3. The van der Waals surface area contributed by atoms with Crippen molar-refractivity contribution in [2.45, 2.75) is 4.90 Å². The van der Waals surface area contributed by atoms with Gasteiger partial charge in [0.05, 0.1) is 11.1 Å². The van der Waals surface area contributed by atoms with E-state index in [-0.39, 0.29) is 11.8 Å². The fourth-order valence-corrected chi connectivity index (χ4v) is 2.52. The third-order valence-corrected chi connectivity index (χ3v) is 3.99. The first-order valence-electron chi connectivity index (χ1n) is 6.76. The Hall–Kier alpha value is -2.80. The van der Waals surface area contributed by atoms with Gasteiger partial charge in [-0.05, 0) is 48.7 Å². The van der Waals surface area contributed by atoms with Gasteiger partial charge in [0.2, 0.25) is 5.95 Å². The number of anilines is 2. The first kappa shape index (κ1) is 15.1. The molecule has 6 nitrogen and oxygen atoms in total. The van der Waals surface area contributed by atoms with E-state index in [1.807, 2.05) is 18.4 Å². The predicted octanol–water partition coefficient (Wildman–Crippen LogP) is 2.74. The Bertz CT molecular complexity index is 881. The zero-order chi connectivity index (χ0) is 16.4. The number of nitrogens with zero attached hydrogens (tertiary/aromatic N) is 2. The lowest BCUT2D eigenvalue weighted by Gasteiger charge is -2.07. The Kier molecular flexibility index (Phi) is 4.03. The van der Waals surface area contributed by atoms with Crippen LogP contribution in [0.3, 0.4) is 0 Å². The van der Waals surface area contributed by atoms with E-state index in [4.69, 9.17) is 16.2 Å². The summed E-state index contributed by atoms with van der Waals surface area (Å²) in [6, 6.07) is 12.2. The maximum atomic E-state index is 12.3. The molecule has 3 rings (SSSR count). The summed E-state index contributed by atoms with van der Waals surface area (Å²) in [6.45, 7) is 0. The molecule has 116 valence electrons. The number of nitrogen functional groups attached to an aromatic ring is 2. The van der Waals surface area contributed by atoms with Crippen LogP contribution < -0.4 is 16.2 Å². The Morgan fingerprint density at radius 1 is 1.09 bits per heavy atom. The molecule has 0 amide bonds. The molecule has 0 saturated carbocycles. The highest BCUT2D eigenvalue weighted by molar-refractivity contribution is 7.98. The van der Waals surface area contributed by atoms with Crippen LogP contribution in [0.15, 0.2) is 47.4 Å². The summed E-state index contributed by atoms with van der Waals surface area (Å²) in [7, 11) is 0. The second kappa shape index (κ2) is 6.13. The molecule has 1 aromatic heterocycles. The molecular formula is C16H14N4O2S. The third-order valence-electron chi connectivity index (χ3n) is 3.25. The van der Waals surface area contributed by atoms with Gasteiger partial charge in [0.1, 0.15) is 11.6 Å². The molecule has 0 radical (unpaired) electrons. The molecule has 0 fully saturated rings. The summed E-state index contributed by atoms with van der Waals surface area (Å²) >= 11 is 1.62. The Morgan fingerprint density at radius 3 is 2.52 bits per heavy atom. The largest absolute Gasteiger partial charge is 0.423 e. The average molecular weight is 326 g/mol. The smallest absolute Gasteiger partial charge is 0.343 e. The fourth-order valence-electron chi connectivity index (χ4n) is 2.11. The first-order chi connectivity index (χ1) is 11.1. The van der Waals surface area contributed by atoms with Gasteiger partial charge in [0.25, 0.3) is 0 Å². The van der Waals surface area contributed by atoms with Crippen molar-refractivity contribution in [1.82, 2.24) is 9.97 Å². The summed E-state index contributed by atoms with van der Waals surface area (Å²) in [6.07, 6.45) is 1.98. The van der Waals surface area contributed by atoms with Crippen molar-refractivity contribution < 1.29 is 9.53 Å². The average Bonchev–Trinajstić information content (AvgIpc) is 2.55. The third kappa shape index (κ3) is 3.19. The number of esters is 1. The second-order valence-corrected chi connectivity index (χ2v) is 5.64. The molecule has 0 aliphatic carbocycles. The monoisotopic (exact) mass is 326 g/mol. The molecule has 2 aromatic carbocycles. The van der Waals surface area contributed by atoms with Gasteiger partial charge < -0.3 is 16.2 Å². The minimum Gasteiger partial charge on any atom is -0.423 e. The van der Waals surface area contributed by atoms with Crippen LogP contribution in [0.2, 0.25) is 0 Å². The van der Waals surface area contributed by atoms with Crippen LogP contribution in [0.25, 0.3) is 10.9 Å². The van der Waals surface area contributed by atoms with Crippen LogP contribution >= 0.6 is 11.8 Å². The van der Waals surface area contributed by atoms with Gasteiger partial charge in [-0.3, -0.25) is 0 Å². The molecule has 3 aromatic rings. The van der Waals surface area contributed by atoms with E-state index in [1.54, 1.807) is 42.1 Å². The molecule has 1 heterocycles. The Morgan fingerprint density at radius 2 is 1.83 bits per heavy atom. The first-order valence-corrected chi connectivity index (χ1v) is 7.98. The van der Waals surface area contributed by atoms with Gasteiger partial charge in [0, 0.05) is 10.3 Å². The number of fused-ring (bicyclic) bond motifs is 1. The molecule has 0 aliphatic heterocycles. The fraction of sp³-hybridized carbons (Fsp3) is 0.0625. The number of carbonyl (C=O) groups excluding carboxylic acids is 1. The normalized spacial score (nSPS) is 10.7. The van der Waals surface area contributed by atoms with Crippen LogP contribution in [0.1, 0.15) is 10.4 Å². The van der Waals surface area contributed by atoms with Crippen molar-refractivity contribution in [3.8, 4) is 5.75 Å². The van der Waals surface area contributed by atoms with Gasteiger partial charge in [-0.15, -0.1) is 11.8 Å². The standard InChI is InChI=1S/C16H14N4O2S/c1-23-11-5-3-10(4-6-11)22-15(21)9-2-7-13-12(8-9)14(17)20-16(18)19-13/h2-8H,1H3,(H4,17,18,19,20). The molecule has 0 bridgehead atoms. The van der Waals surface area contributed by atoms with Gasteiger partial charge in [-0.2, -0.15) is 4.98 Å². The number of carbonyl (C=O) groups is 1. The van der Waals surface area contributed by atoms with E-state index < -0.39 is 5.97 Å². The predicted molar refractivity (Wildman–Crippen MR) is 91.5 cm³/mol. The molecule has 0 unspecified atom stereocenters. The van der Waals surface area contributed by atoms with Gasteiger partial charge in [-0.25, -0.2) is 9.78 Å². The molecule has 23 heavy (non-hydrogen) atoms. The van der Waals surface area contributed by atoms with E-state index in [1.165, 1.54) is 0 Å². The summed E-state index contributed by atoms with van der Waals surface area (Å²) in [5, 5.41) is 0.561. The molecule has 7 heteroatoms. The Labute approximate surface area is 136 Å². The molecule has 0 spiro atoms. The second-order valence-electron chi connectivity index (χ2n) is 4.76. The molecule has 0 atom stereocenters.